The van der Waals surface area contributed by atoms with Gasteiger partial charge in [0.15, 0.2) is 0 Å². The van der Waals surface area contributed by atoms with Gasteiger partial charge in [0.25, 0.3) is 11.5 Å². The summed E-state index contributed by atoms with van der Waals surface area (Å²) < 4.78 is 8.76. The van der Waals surface area contributed by atoms with Gasteiger partial charge in [0.1, 0.15) is 11.3 Å². The minimum atomic E-state index is -0.580. The molecule has 1 fully saturated rings. The molecular weight excluding hydrogens is 494 g/mol. The first kappa shape index (κ1) is 24.8. The third kappa shape index (κ3) is 4.91. The van der Waals surface area contributed by atoms with Crippen LogP contribution in [0.5, 0.6) is 0 Å². The molecule has 0 saturated carbocycles. The number of imidazole rings is 1. The summed E-state index contributed by atoms with van der Waals surface area (Å²) in [5.74, 6) is 0.104. The second kappa shape index (κ2) is 9.55. The highest BCUT2D eigenvalue weighted by atomic mass is 35.5. The van der Waals surface area contributed by atoms with Gasteiger partial charge >= 0.3 is 6.09 Å². The summed E-state index contributed by atoms with van der Waals surface area (Å²) in [4.78, 5) is 47.2. The number of nitrogens with zero attached hydrogens (tertiary/aromatic N) is 5. The number of rotatable bonds is 3. The predicted octanol–water partition coefficient (Wildman–Crippen LogP) is 4.04. The largest absolute Gasteiger partial charge is 0.444 e. The number of para-hydroxylation sites is 1. The van der Waals surface area contributed by atoms with Crippen LogP contribution in [0.25, 0.3) is 16.7 Å². The lowest BCUT2D eigenvalue weighted by molar-refractivity contribution is 0.0140. The number of fused-ring (bicyclic) bond motifs is 3. The van der Waals surface area contributed by atoms with Gasteiger partial charge in [-0.1, -0.05) is 41.9 Å². The van der Waals surface area contributed by atoms with Crippen LogP contribution in [-0.4, -0.2) is 67.5 Å². The number of amides is 2. The molecule has 3 heterocycles. The number of benzene rings is 2. The Balaban J connectivity index is 1.47. The van der Waals surface area contributed by atoms with Crippen LogP contribution in [0.3, 0.4) is 0 Å². The number of carbonyl (C=O) groups excluding carboxylic acids is 2. The van der Waals surface area contributed by atoms with Crippen LogP contribution in [0.4, 0.5) is 4.79 Å². The molecule has 0 bridgehead atoms. The van der Waals surface area contributed by atoms with Crippen molar-refractivity contribution in [3.8, 4) is 0 Å². The average Bonchev–Trinajstić information content (AvgIpc) is 3.32. The van der Waals surface area contributed by atoms with Crippen LogP contribution in [-0.2, 0) is 11.3 Å². The predicted molar refractivity (Wildman–Crippen MR) is 141 cm³/mol. The van der Waals surface area contributed by atoms with E-state index in [4.69, 9.17) is 16.3 Å². The molecule has 0 spiro atoms. The number of piperazine rings is 1. The Morgan fingerprint density at radius 3 is 2.32 bits per heavy atom. The maximum Gasteiger partial charge on any atom is 0.410 e. The highest BCUT2D eigenvalue weighted by Crippen LogP contribution is 2.20. The van der Waals surface area contributed by atoms with E-state index in [2.05, 4.69) is 4.98 Å². The monoisotopic (exact) mass is 521 g/mol. The zero-order valence-electron chi connectivity index (χ0n) is 21.0. The van der Waals surface area contributed by atoms with E-state index < -0.39 is 5.60 Å². The number of hydrogen-bond acceptors (Lipinski definition) is 5. The summed E-state index contributed by atoms with van der Waals surface area (Å²) in [7, 11) is 0. The summed E-state index contributed by atoms with van der Waals surface area (Å²) >= 11 is 6.38. The summed E-state index contributed by atoms with van der Waals surface area (Å²) in [5, 5.41) is 1.07. The molecule has 10 heteroatoms. The summed E-state index contributed by atoms with van der Waals surface area (Å²) in [6, 6.07) is 14.6. The van der Waals surface area contributed by atoms with Gasteiger partial charge in [-0.15, -0.1) is 0 Å². The van der Waals surface area contributed by atoms with E-state index >= 15 is 0 Å². The molecule has 0 aliphatic carbocycles. The van der Waals surface area contributed by atoms with Crippen molar-refractivity contribution in [2.45, 2.75) is 32.9 Å². The fourth-order valence-corrected chi connectivity index (χ4v) is 4.66. The number of aromatic nitrogens is 3. The van der Waals surface area contributed by atoms with Crippen molar-refractivity contribution in [1.82, 2.24) is 23.8 Å². The van der Waals surface area contributed by atoms with E-state index in [1.807, 2.05) is 57.2 Å². The molecule has 2 aromatic heterocycles. The van der Waals surface area contributed by atoms with Gasteiger partial charge in [0.05, 0.1) is 17.4 Å². The van der Waals surface area contributed by atoms with Crippen molar-refractivity contribution < 1.29 is 14.3 Å². The molecule has 2 amide bonds. The Labute approximate surface area is 218 Å². The molecule has 1 aliphatic heterocycles. The number of carbonyl (C=O) groups is 2. The lowest BCUT2D eigenvalue weighted by Gasteiger charge is -2.35. The van der Waals surface area contributed by atoms with Crippen molar-refractivity contribution in [2.75, 3.05) is 26.2 Å². The van der Waals surface area contributed by atoms with Crippen LogP contribution in [0, 0.1) is 0 Å². The molecule has 1 saturated heterocycles. The second-order valence-electron chi connectivity index (χ2n) is 10.1. The number of hydrogen-bond donors (Lipinski definition) is 0. The molecule has 0 N–H and O–H groups in total. The van der Waals surface area contributed by atoms with Crippen molar-refractivity contribution in [3.05, 3.63) is 81.4 Å². The van der Waals surface area contributed by atoms with Gasteiger partial charge in [-0.05, 0) is 44.5 Å². The normalized spacial score (nSPS) is 14.4. The highest BCUT2D eigenvalue weighted by Gasteiger charge is 2.29. The summed E-state index contributed by atoms with van der Waals surface area (Å²) in [6.45, 7) is 7.14. The van der Waals surface area contributed by atoms with Gasteiger partial charge < -0.3 is 14.5 Å². The Hall–Kier alpha value is -3.85. The van der Waals surface area contributed by atoms with E-state index in [9.17, 15) is 14.4 Å². The minimum absolute atomic E-state index is 0.210. The molecule has 9 nitrogen and oxygen atoms in total. The van der Waals surface area contributed by atoms with Gasteiger partial charge in [-0.3, -0.25) is 18.6 Å². The lowest BCUT2D eigenvalue weighted by atomic mass is 10.2. The van der Waals surface area contributed by atoms with E-state index in [-0.39, 0.29) is 29.8 Å². The van der Waals surface area contributed by atoms with Crippen LogP contribution in [0.15, 0.2) is 59.5 Å². The second-order valence-corrected chi connectivity index (χ2v) is 10.5. The molecule has 37 heavy (non-hydrogen) atoms. The zero-order valence-corrected chi connectivity index (χ0v) is 21.7. The first-order chi connectivity index (χ1) is 17.6. The van der Waals surface area contributed by atoms with Gasteiger partial charge in [-0.2, -0.15) is 0 Å². The molecule has 1 aliphatic rings. The standard InChI is InChI=1S/C27H28ClN5O4/c1-27(2,3)37-26(36)31-14-12-30(13-15-31)24(35)21-17-32-22-11-7-5-9-19(22)23(34)33(25(32)29-21)16-18-8-4-6-10-20(18)28/h4-11,17H,12-16H2,1-3H3. The third-order valence-electron chi connectivity index (χ3n) is 6.29. The molecular formula is C27H28ClN5O4. The molecule has 4 aromatic rings. The van der Waals surface area contributed by atoms with Crippen molar-refractivity contribution in [2.24, 2.45) is 0 Å². The smallest absolute Gasteiger partial charge is 0.410 e. The Morgan fingerprint density at radius 2 is 1.62 bits per heavy atom. The van der Waals surface area contributed by atoms with Crippen molar-refractivity contribution >= 4 is 40.3 Å². The Bertz CT molecular complexity index is 1560. The molecule has 2 aromatic carbocycles. The molecule has 192 valence electrons. The van der Waals surface area contributed by atoms with Gasteiger partial charge in [0.2, 0.25) is 5.78 Å². The summed E-state index contributed by atoms with van der Waals surface area (Å²) in [6.07, 6.45) is 1.28. The fourth-order valence-electron chi connectivity index (χ4n) is 4.46. The topological polar surface area (TPSA) is 89.2 Å². The molecule has 0 radical (unpaired) electrons. The Morgan fingerprint density at radius 1 is 0.973 bits per heavy atom. The van der Waals surface area contributed by atoms with Crippen LogP contribution in [0.1, 0.15) is 36.8 Å². The first-order valence-electron chi connectivity index (χ1n) is 12.1. The minimum Gasteiger partial charge on any atom is -0.444 e. The fraction of sp³-hybridized carbons (Fsp3) is 0.333. The maximum atomic E-state index is 13.5. The number of ether oxygens (including phenoxy) is 1. The molecule has 5 rings (SSSR count). The van der Waals surface area contributed by atoms with E-state index in [0.29, 0.717) is 47.9 Å². The van der Waals surface area contributed by atoms with E-state index in [1.54, 1.807) is 37.1 Å². The van der Waals surface area contributed by atoms with Gasteiger partial charge in [-0.25, -0.2) is 9.78 Å². The Kier molecular flexibility index (Phi) is 6.41. The van der Waals surface area contributed by atoms with Crippen LogP contribution in [0.2, 0.25) is 5.02 Å². The van der Waals surface area contributed by atoms with E-state index in [1.165, 1.54) is 0 Å². The van der Waals surface area contributed by atoms with Crippen molar-refractivity contribution in [3.63, 3.8) is 0 Å². The van der Waals surface area contributed by atoms with Gasteiger partial charge in [0, 0.05) is 37.4 Å². The van der Waals surface area contributed by atoms with Crippen LogP contribution < -0.4 is 5.56 Å². The zero-order chi connectivity index (χ0) is 26.3. The first-order valence-corrected chi connectivity index (χ1v) is 12.5. The van der Waals surface area contributed by atoms with Crippen molar-refractivity contribution in [1.29, 1.82) is 0 Å². The lowest BCUT2D eigenvalue weighted by Crippen LogP contribution is -2.51. The quantitative estimate of drug-likeness (QED) is 0.406. The SMILES string of the molecule is CC(C)(C)OC(=O)N1CCN(C(=O)c2cn3c4ccccc4c(=O)n(Cc4ccccc4Cl)c3n2)CC1. The molecule has 0 atom stereocenters. The van der Waals surface area contributed by atoms with Crippen LogP contribution >= 0.6 is 11.6 Å². The maximum absolute atomic E-state index is 13.5. The molecule has 0 unspecified atom stereocenters. The summed E-state index contributed by atoms with van der Waals surface area (Å²) in [5.41, 5.74) is 0.883. The highest BCUT2D eigenvalue weighted by molar-refractivity contribution is 6.31. The third-order valence-corrected chi connectivity index (χ3v) is 6.66. The number of halogens is 1. The van der Waals surface area contributed by atoms with E-state index in [0.717, 1.165) is 5.56 Å². The average molecular weight is 522 g/mol.